The van der Waals surface area contributed by atoms with Crippen molar-refractivity contribution in [1.82, 2.24) is 5.32 Å². The topological polar surface area (TPSA) is 66.4 Å². The molecule has 0 amide bonds. The van der Waals surface area contributed by atoms with Crippen LogP contribution in [0.3, 0.4) is 0 Å². The van der Waals surface area contributed by atoms with Crippen LogP contribution in [0.25, 0.3) is 0 Å². The van der Waals surface area contributed by atoms with E-state index in [1.165, 1.54) is 0 Å². The lowest BCUT2D eigenvalue weighted by Crippen LogP contribution is -2.28. The number of sulfone groups is 1. The number of rotatable bonds is 6. The van der Waals surface area contributed by atoms with Crippen LogP contribution in [0.15, 0.2) is 28.7 Å². The van der Waals surface area contributed by atoms with E-state index in [9.17, 15) is 13.5 Å². The Kier molecular flexibility index (Phi) is 6.22. The molecule has 1 aromatic rings. The summed E-state index contributed by atoms with van der Waals surface area (Å²) in [5.74, 6) is 1.15. The van der Waals surface area contributed by atoms with Crippen molar-refractivity contribution in [2.24, 2.45) is 5.92 Å². The summed E-state index contributed by atoms with van der Waals surface area (Å²) >= 11 is 3.43. The zero-order chi connectivity index (χ0) is 15.3. The molecule has 1 saturated heterocycles. The smallest absolute Gasteiger partial charge is 0.150 e. The highest BCUT2D eigenvalue weighted by Gasteiger charge is 2.23. The Labute approximate surface area is 135 Å². The Hall–Kier alpha value is -0.430. The lowest BCUT2D eigenvalue weighted by molar-refractivity contribution is 0.173. The van der Waals surface area contributed by atoms with E-state index in [0.717, 1.165) is 35.8 Å². The molecule has 2 rings (SSSR count). The molecule has 1 heterocycles. The molecule has 6 heteroatoms. The van der Waals surface area contributed by atoms with Crippen LogP contribution in [-0.2, 0) is 9.84 Å². The Morgan fingerprint density at radius 2 is 1.95 bits per heavy atom. The van der Waals surface area contributed by atoms with Gasteiger partial charge in [-0.15, -0.1) is 0 Å². The van der Waals surface area contributed by atoms with E-state index < -0.39 is 15.9 Å². The first-order chi connectivity index (χ1) is 9.98. The lowest BCUT2D eigenvalue weighted by atomic mass is 9.99. The van der Waals surface area contributed by atoms with Crippen LogP contribution >= 0.6 is 15.9 Å². The van der Waals surface area contributed by atoms with Crippen molar-refractivity contribution in [2.75, 3.05) is 24.6 Å². The summed E-state index contributed by atoms with van der Waals surface area (Å²) in [6.45, 7) is 1.32. The minimum absolute atomic E-state index is 0.331. The number of hydrogen-bond acceptors (Lipinski definition) is 4. The summed E-state index contributed by atoms with van der Waals surface area (Å²) in [5.41, 5.74) is 0.883. The first kappa shape index (κ1) is 16.9. The third-order valence-electron chi connectivity index (χ3n) is 4.01. The van der Waals surface area contributed by atoms with Gasteiger partial charge < -0.3 is 10.4 Å². The van der Waals surface area contributed by atoms with Gasteiger partial charge in [-0.3, -0.25) is 0 Å². The second-order valence-corrected chi connectivity index (χ2v) is 8.78. The van der Waals surface area contributed by atoms with Crippen LogP contribution in [-0.4, -0.2) is 38.1 Å². The molecule has 1 unspecified atom stereocenters. The van der Waals surface area contributed by atoms with E-state index in [1.54, 1.807) is 0 Å². The fourth-order valence-electron chi connectivity index (χ4n) is 2.63. The van der Waals surface area contributed by atoms with Crippen LogP contribution < -0.4 is 5.32 Å². The van der Waals surface area contributed by atoms with Gasteiger partial charge in [0.25, 0.3) is 0 Å². The number of hydrogen-bond donors (Lipinski definition) is 2. The van der Waals surface area contributed by atoms with Crippen molar-refractivity contribution >= 4 is 25.8 Å². The summed E-state index contributed by atoms with van der Waals surface area (Å²) in [6, 6.07) is 7.65. The molecular formula is C15H22BrNO3S. The van der Waals surface area contributed by atoms with Gasteiger partial charge in [0.1, 0.15) is 9.84 Å². The molecule has 1 aliphatic heterocycles. The third-order valence-corrected chi connectivity index (χ3v) is 6.44. The van der Waals surface area contributed by atoms with E-state index in [0.29, 0.717) is 24.0 Å². The highest BCUT2D eigenvalue weighted by Crippen LogP contribution is 2.23. The average molecular weight is 376 g/mol. The first-order valence-corrected chi connectivity index (χ1v) is 9.93. The van der Waals surface area contributed by atoms with Crippen LogP contribution in [0.1, 0.15) is 30.9 Å². The second-order valence-electron chi connectivity index (χ2n) is 5.63. The molecule has 4 nitrogen and oxygen atoms in total. The van der Waals surface area contributed by atoms with Gasteiger partial charge in [-0.2, -0.15) is 0 Å². The highest BCUT2D eigenvalue weighted by atomic mass is 79.9. The molecular weight excluding hydrogens is 354 g/mol. The Morgan fingerprint density at radius 3 is 2.62 bits per heavy atom. The van der Waals surface area contributed by atoms with E-state index in [2.05, 4.69) is 21.2 Å². The summed E-state index contributed by atoms with van der Waals surface area (Å²) < 4.78 is 23.6. The fraction of sp³-hybridized carbons (Fsp3) is 0.600. The monoisotopic (exact) mass is 375 g/mol. The summed E-state index contributed by atoms with van der Waals surface area (Å²) in [5, 5.41) is 13.4. The minimum atomic E-state index is -2.77. The number of halogens is 1. The van der Waals surface area contributed by atoms with Gasteiger partial charge >= 0.3 is 0 Å². The standard InChI is InChI=1S/C15H22BrNO3S/c16-14-4-2-1-3-13(14)15(18)11-17-8-5-12-6-9-21(19,20)10-7-12/h1-4,12,15,17-18H,5-11H2. The van der Waals surface area contributed by atoms with E-state index >= 15 is 0 Å². The molecule has 0 aromatic heterocycles. The number of aliphatic hydroxyl groups is 1. The highest BCUT2D eigenvalue weighted by molar-refractivity contribution is 9.10. The molecule has 1 fully saturated rings. The van der Waals surface area contributed by atoms with E-state index in [-0.39, 0.29) is 0 Å². The van der Waals surface area contributed by atoms with Gasteiger partial charge in [0.05, 0.1) is 17.6 Å². The lowest BCUT2D eigenvalue weighted by Gasteiger charge is -2.22. The maximum Gasteiger partial charge on any atom is 0.150 e. The number of aliphatic hydroxyl groups excluding tert-OH is 1. The maximum atomic E-state index is 11.4. The van der Waals surface area contributed by atoms with Crippen LogP contribution in [0.4, 0.5) is 0 Å². The minimum Gasteiger partial charge on any atom is -0.387 e. The molecule has 1 atom stereocenters. The fourth-order valence-corrected chi connectivity index (χ4v) is 4.77. The second kappa shape index (κ2) is 7.72. The van der Waals surface area contributed by atoms with Crippen LogP contribution in [0, 0.1) is 5.92 Å². The summed E-state index contributed by atoms with van der Waals surface area (Å²) in [7, 11) is -2.77. The number of nitrogens with one attached hydrogen (secondary N) is 1. The molecule has 118 valence electrons. The average Bonchev–Trinajstić information content (AvgIpc) is 2.45. The molecule has 1 aliphatic rings. The van der Waals surface area contributed by atoms with Gasteiger partial charge in [-0.25, -0.2) is 8.42 Å². The summed E-state index contributed by atoms with van der Waals surface area (Å²) in [4.78, 5) is 0. The largest absolute Gasteiger partial charge is 0.387 e. The molecule has 1 aromatic carbocycles. The van der Waals surface area contributed by atoms with Gasteiger partial charge in [0.15, 0.2) is 0 Å². The molecule has 0 bridgehead atoms. The van der Waals surface area contributed by atoms with Crippen molar-refractivity contribution in [3.05, 3.63) is 34.3 Å². The normalized spacial score (nSPS) is 20.3. The van der Waals surface area contributed by atoms with Crippen molar-refractivity contribution in [3.8, 4) is 0 Å². The summed E-state index contributed by atoms with van der Waals surface area (Å²) in [6.07, 6.45) is 1.98. The van der Waals surface area contributed by atoms with Crippen molar-refractivity contribution in [2.45, 2.75) is 25.4 Å². The molecule has 0 saturated carbocycles. The van der Waals surface area contributed by atoms with Gasteiger partial charge in [0.2, 0.25) is 0 Å². The predicted octanol–water partition coefficient (Wildman–Crippen LogP) is 2.29. The van der Waals surface area contributed by atoms with Gasteiger partial charge in [0, 0.05) is 11.0 Å². The molecule has 2 N–H and O–H groups in total. The molecule has 0 spiro atoms. The maximum absolute atomic E-state index is 11.4. The van der Waals surface area contributed by atoms with Crippen molar-refractivity contribution in [3.63, 3.8) is 0 Å². The van der Waals surface area contributed by atoms with Gasteiger partial charge in [-0.05, 0) is 43.4 Å². The van der Waals surface area contributed by atoms with Crippen molar-refractivity contribution in [1.29, 1.82) is 0 Å². The SMILES string of the molecule is O=S1(=O)CCC(CCNCC(O)c2ccccc2Br)CC1. The first-order valence-electron chi connectivity index (χ1n) is 7.31. The van der Waals surface area contributed by atoms with Crippen LogP contribution in [0.2, 0.25) is 0 Å². The predicted molar refractivity (Wildman–Crippen MR) is 88.0 cm³/mol. The zero-order valence-electron chi connectivity index (χ0n) is 12.0. The van der Waals surface area contributed by atoms with Gasteiger partial charge in [-0.1, -0.05) is 34.1 Å². The van der Waals surface area contributed by atoms with Crippen molar-refractivity contribution < 1.29 is 13.5 Å². The van der Waals surface area contributed by atoms with E-state index in [1.807, 2.05) is 24.3 Å². The molecule has 21 heavy (non-hydrogen) atoms. The molecule has 0 radical (unpaired) electrons. The third kappa shape index (κ3) is 5.36. The molecule has 0 aliphatic carbocycles. The van der Waals surface area contributed by atoms with E-state index in [4.69, 9.17) is 0 Å². The Bertz CT molecular complexity index is 548. The Morgan fingerprint density at radius 1 is 1.29 bits per heavy atom. The zero-order valence-corrected chi connectivity index (χ0v) is 14.4. The Balaban J connectivity index is 1.67. The quantitative estimate of drug-likeness (QED) is 0.748. The van der Waals surface area contributed by atoms with Crippen LogP contribution in [0.5, 0.6) is 0 Å². The number of benzene rings is 1.